The standard InChI is InChI=1S/C15H14Cl2FNS/c1-9(12-7-15(18)14(17)8-13(12)16)19-10-4-3-5-11(6-10)20-2/h3-9,19H,1-2H3. The Morgan fingerprint density at radius 1 is 1.15 bits per heavy atom. The van der Waals surface area contributed by atoms with E-state index in [1.807, 2.05) is 37.4 Å². The second kappa shape index (κ2) is 6.70. The maximum atomic E-state index is 13.6. The van der Waals surface area contributed by atoms with Crippen molar-refractivity contribution in [2.24, 2.45) is 0 Å². The first-order chi connectivity index (χ1) is 9.51. The number of nitrogens with one attached hydrogen (secondary N) is 1. The predicted octanol–water partition coefficient (Wildman–Crippen LogP) is 6.03. The van der Waals surface area contributed by atoms with Crippen molar-refractivity contribution in [3.05, 3.63) is 57.8 Å². The monoisotopic (exact) mass is 329 g/mol. The summed E-state index contributed by atoms with van der Waals surface area (Å²) in [6.45, 7) is 1.93. The molecule has 0 saturated heterocycles. The molecule has 1 atom stereocenters. The lowest BCUT2D eigenvalue weighted by molar-refractivity contribution is 0.624. The third kappa shape index (κ3) is 3.60. The van der Waals surface area contributed by atoms with E-state index in [2.05, 4.69) is 5.32 Å². The summed E-state index contributed by atoms with van der Waals surface area (Å²) in [6, 6.07) is 10.7. The molecule has 106 valence electrons. The van der Waals surface area contributed by atoms with E-state index >= 15 is 0 Å². The molecule has 20 heavy (non-hydrogen) atoms. The number of halogens is 3. The molecule has 2 rings (SSSR count). The Bertz CT molecular complexity index is 619. The summed E-state index contributed by atoms with van der Waals surface area (Å²) in [6.07, 6.45) is 2.02. The van der Waals surface area contributed by atoms with Gasteiger partial charge in [0.05, 0.1) is 11.1 Å². The molecule has 0 aromatic heterocycles. The lowest BCUT2D eigenvalue weighted by Gasteiger charge is -2.18. The quantitative estimate of drug-likeness (QED) is 0.543. The van der Waals surface area contributed by atoms with E-state index in [0.717, 1.165) is 10.6 Å². The first-order valence-corrected chi connectivity index (χ1v) is 8.04. The van der Waals surface area contributed by atoms with Crippen LogP contribution in [0.5, 0.6) is 0 Å². The van der Waals surface area contributed by atoms with Crippen LogP contribution < -0.4 is 5.32 Å². The van der Waals surface area contributed by atoms with Gasteiger partial charge >= 0.3 is 0 Å². The van der Waals surface area contributed by atoms with Gasteiger partial charge in [-0.1, -0.05) is 29.3 Å². The van der Waals surface area contributed by atoms with Crippen LogP contribution in [-0.4, -0.2) is 6.26 Å². The first-order valence-electron chi connectivity index (χ1n) is 6.06. The van der Waals surface area contributed by atoms with Gasteiger partial charge < -0.3 is 5.32 Å². The third-order valence-corrected chi connectivity index (χ3v) is 4.30. The number of hydrogen-bond donors (Lipinski definition) is 1. The highest BCUT2D eigenvalue weighted by molar-refractivity contribution is 7.98. The van der Waals surface area contributed by atoms with Crippen molar-refractivity contribution in [2.45, 2.75) is 17.9 Å². The van der Waals surface area contributed by atoms with Gasteiger partial charge in [-0.3, -0.25) is 0 Å². The van der Waals surface area contributed by atoms with E-state index < -0.39 is 5.82 Å². The van der Waals surface area contributed by atoms with Crippen molar-refractivity contribution in [3.63, 3.8) is 0 Å². The number of rotatable bonds is 4. The van der Waals surface area contributed by atoms with Crippen molar-refractivity contribution in [1.82, 2.24) is 0 Å². The van der Waals surface area contributed by atoms with Gasteiger partial charge in [-0.05, 0) is 49.1 Å². The van der Waals surface area contributed by atoms with E-state index in [1.54, 1.807) is 11.8 Å². The second-order valence-electron chi connectivity index (χ2n) is 4.39. The van der Waals surface area contributed by atoms with Gasteiger partial charge in [0.1, 0.15) is 5.82 Å². The molecule has 0 aliphatic carbocycles. The zero-order valence-electron chi connectivity index (χ0n) is 11.1. The van der Waals surface area contributed by atoms with E-state index in [1.165, 1.54) is 12.1 Å². The van der Waals surface area contributed by atoms with Crippen LogP contribution in [0, 0.1) is 5.82 Å². The lowest BCUT2D eigenvalue weighted by atomic mass is 10.1. The third-order valence-electron chi connectivity index (χ3n) is 2.96. The molecule has 0 aliphatic heterocycles. The molecule has 0 fully saturated rings. The highest BCUT2D eigenvalue weighted by atomic mass is 35.5. The predicted molar refractivity (Wildman–Crippen MR) is 86.7 cm³/mol. The summed E-state index contributed by atoms with van der Waals surface area (Å²) >= 11 is 13.5. The van der Waals surface area contributed by atoms with Crippen LogP contribution in [-0.2, 0) is 0 Å². The van der Waals surface area contributed by atoms with E-state index in [4.69, 9.17) is 23.2 Å². The van der Waals surface area contributed by atoms with Crippen LogP contribution in [0.15, 0.2) is 41.3 Å². The highest BCUT2D eigenvalue weighted by Crippen LogP contribution is 2.31. The topological polar surface area (TPSA) is 12.0 Å². The van der Waals surface area contributed by atoms with Crippen LogP contribution in [0.2, 0.25) is 10.0 Å². The normalized spacial score (nSPS) is 12.2. The maximum Gasteiger partial charge on any atom is 0.142 e. The average Bonchev–Trinajstić information content (AvgIpc) is 2.43. The Labute approximate surface area is 132 Å². The zero-order valence-corrected chi connectivity index (χ0v) is 13.4. The lowest BCUT2D eigenvalue weighted by Crippen LogP contribution is -2.07. The van der Waals surface area contributed by atoms with Crippen LogP contribution in [0.3, 0.4) is 0 Å². The minimum atomic E-state index is -0.461. The number of hydrogen-bond acceptors (Lipinski definition) is 2. The molecule has 1 N–H and O–H groups in total. The highest BCUT2D eigenvalue weighted by Gasteiger charge is 2.13. The molecule has 5 heteroatoms. The molecule has 2 aromatic carbocycles. The summed E-state index contributed by atoms with van der Waals surface area (Å²) in [5, 5.41) is 3.81. The summed E-state index contributed by atoms with van der Waals surface area (Å²) in [5.74, 6) is -0.461. The van der Waals surface area contributed by atoms with Crippen LogP contribution in [0.4, 0.5) is 10.1 Å². The number of benzene rings is 2. The van der Waals surface area contributed by atoms with Crippen molar-refractivity contribution in [1.29, 1.82) is 0 Å². The zero-order chi connectivity index (χ0) is 14.7. The fourth-order valence-corrected chi connectivity index (χ4v) is 2.92. The van der Waals surface area contributed by atoms with Crippen molar-refractivity contribution in [3.8, 4) is 0 Å². The summed E-state index contributed by atoms with van der Waals surface area (Å²) < 4.78 is 13.6. The van der Waals surface area contributed by atoms with Gasteiger partial charge in [0.15, 0.2) is 0 Å². The molecule has 2 aromatic rings. The molecule has 0 bridgehead atoms. The Morgan fingerprint density at radius 3 is 2.60 bits per heavy atom. The van der Waals surface area contributed by atoms with Crippen LogP contribution >= 0.6 is 35.0 Å². The summed E-state index contributed by atoms with van der Waals surface area (Å²) in [4.78, 5) is 1.16. The fourth-order valence-electron chi connectivity index (χ4n) is 1.91. The van der Waals surface area contributed by atoms with Crippen molar-refractivity contribution in [2.75, 3.05) is 11.6 Å². The Morgan fingerprint density at radius 2 is 1.90 bits per heavy atom. The van der Waals surface area contributed by atoms with Crippen LogP contribution in [0.1, 0.15) is 18.5 Å². The Hall–Kier alpha value is -0.900. The smallest absolute Gasteiger partial charge is 0.142 e. The van der Waals surface area contributed by atoms with Gasteiger partial charge in [-0.15, -0.1) is 11.8 Å². The van der Waals surface area contributed by atoms with E-state index in [9.17, 15) is 4.39 Å². The van der Waals surface area contributed by atoms with Gasteiger partial charge in [-0.2, -0.15) is 0 Å². The fraction of sp³-hybridized carbons (Fsp3) is 0.200. The van der Waals surface area contributed by atoms with Gasteiger partial charge in [-0.25, -0.2) is 4.39 Å². The molecule has 0 amide bonds. The Balaban J connectivity index is 2.23. The molecular weight excluding hydrogens is 316 g/mol. The molecule has 0 radical (unpaired) electrons. The van der Waals surface area contributed by atoms with Crippen LogP contribution in [0.25, 0.3) is 0 Å². The SMILES string of the molecule is CSc1cccc(NC(C)c2cc(F)c(Cl)cc2Cl)c1. The van der Waals surface area contributed by atoms with E-state index in [-0.39, 0.29) is 11.1 Å². The molecule has 0 saturated carbocycles. The minimum Gasteiger partial charge on any atom is -0.378 e. The molecule has 1 unspecified atom stereocenters. The molecule has 0 spiro atoms. The number of anilines is 1. The molecule has 0 heterocycles. The van der Waals surface area contributed by atoms with Crippen molar-refractivity contribution >= 4 is 40.7 Å². The second-order valence-corrected chi connectivity index (χ2v) is 6.08. The summed E-state index contributed by atoms with van der Waals surface area (Å²) in [5.41, 5.74) is 1.65. The van der Waals surface area contributed by atoms with Gasteiger partial charge in [0, 0.05) is 15.6 Å². The van der Waals surface area contributed by atoms with E-state index in [0.29, 0.717) is 10.6 Å². The molecular formula is C15H14Cl2FNS. The first kappa shape index (κ1) is 15.5. The summed E-state index contributed by atoms with van der Waals surface area (Å²) in [7, 11) is 0. The molecule has 0 aliphatic rings. The van der Waals surface area contributed by atoms with Gasteiger partial charge in [0.25, 0.3) is 0 Å². The van der Waals surface area contributed by atoms with Crippen molar-refractivity contribution < 1.29 is 4.39 Å². The maximum absolute atomic E-state index is 13.6. The average molecular weight is 330 g/mol. The largest absolute Gasteiger partial charge is 0.378 e. The molecule has 1 nitrogen and oxygen atoms in total. The Kier molecular flexibility index (Phi) is 5.19. The minimum absolute atomic E-state index is 0.0373. The number of thioether (sulfide) groups is 1. The van der Waals surface area contributed by atoms with Gasteiger partial charge in [0.2, 0.25) is 0 Å².